The molecule has 3 N–H and O–H groups in total. The number of ether oxygens (including phenoxy) is 2. The average molecular weight is 271 g/mol. The van der Waals surface area contributed by atoms with Gasteiger partial charge in [-0.25, -0.2) is 14.6 Å². The smallest absolute Gasteiger partial charge is 0.358 e. The maximum absolute atomic E-state index is 11.6. The van der Waals surface area contributed by atoms with Crippen molar-refractivity contribution in [1.29, 1.82) is 5.41 Å². The lowest BCUT2D eigenvalue weighted by Gasteiger charge is -2.03. The van der Waals surface area contributed by atoms with Gasteiger partial charge >= 0.3 is 11.9 Å². The molecule has 1 heterocycles. The van der Waals surface area contributed by atoms with Crippen molar-refractivity contribution in [2.45, 2.75) is 13.8 Å². The van der Waals surface area contributed by atoms with Crippen LogP contribution in [0.15, 0.2) is 0 Å². The summed E-state index contributed by atoms with van der Waals surface area (Å²) in [5.41, 5.74) is 4.87. The lowest BCUT2D eigenvalue weighted by atomic mass is 10.2. The topological polar surface area (TPSA) is 115 Å². The molecule has 0 unspecified atom stereocenters. The number of carbonyl (C=O) groups is 2. The minimum atomic E-state index is -0.853. The predicted octanol–water partition coefficient (Wildman–Crippen LogP) is 0.833. The van der Waals surface area contributed by atoms with Crippen LogP contribution in [-0.2, 0) is 14.3 Å². The van der Waals surface area contributed by atoms with Crippen LogP contribution in [0.25, 0.3) is 0 Å². The van der Waals surface area contributed by atoms with Crippen molar-refractivity contribution in [3.05, 3.63) is 10.6 Å². The van der Waals surface area contributed by atoms with Gasteiger partial charge in [0.05, 0.1) is 13.2 Å². The fourth-order valence-electron chi connectivity index (χ4n) is 1.14. The fraction of sp³-hybridized carbons (Fsp3) is 0.400. The molecule has 0 spiro atoms. The first kappa shape index (κ1) is 14.1. The lowest BCUT2D eigenvalue weighted by Crippen LogP contribution is -2.20. The average Bonchev–Trinajstić information content (AvgIpc) is 2.71. The van der Waals surface area contributed by atoms with Gasteiger partial charge < -0.3 is 15.2 Å². The number of esters is 2. The van der Waals surface area contributed by atoms with Gasteiger partial charge in [-0.05, 0) is 13.8 Å². The van der Waals surface area contributed by atoms with Crippen LogP contribution >= 0.6 is 11.3 Å². The molecule has 98 valence electrons. The predicted molar refractivity (Wildman–Crippen MR) is 65.9 cm³/mol. The van der Waals surface area contributed by atoms with E-state index < -0.39 is 17.7 Å². The number of aromatic nitrogens is 1. The Morgan fingerprint density at radius 2 is 1.94 bits per heavy atom. The summed E-state index contributed by atoms with van der Waals surface area (Å²) in [6.07, 6.45) is 0. The Balaban J connectivity index is 3.05. The summed E-state index contributed by atoms with van der Waals surface area (Å²) in [6.45, 7) is 3.59. The summed E-state index contributed by atoms with van der Waals surface area (Å²) >= 11 is 0.870. The van der Waals surface area contributed by atoms with Gasteiger partial charge in [0.1, 0.15) is 10.6 Å². The van der Waals surface area contributed by atoms with Crippen LogP contribution in [-0.4, -0.2) is 35.8 Å². The molecule has 0 aromatic carbocycles. The highest BCUT2D eigenvalue weighted by atomic mass is 32.1. The monoisotopic (exact) mass is 271 g/mol. The van der Waals surface area contributed by atoms with Crippen LogP contribution in [0.1, 0.15) is 29.2 Å². The third-order valence-corrected chi connectivity index (χ3v) is 2.69. The number of hydrogen-bond donors (Lipinski definition) is 2. The molecule has 18 heavy (non-hydrogen) atoms. The third kappa shape index (κ3) is 3.04. The van der Waals surface area contributed by atoms with Gasteiger partial charge in [0.25, 0.3) is 0 Å². The van der Waals surface area contributed by atoms with E-state index in [4.69, 9.17) is 15.9 Å². The molecule has 0 radical (unpaired) electrons. The second-order valence-electron chi connectivity index (χ2n) is 3.05. The molecule has 7 nitrogen and oxygen atoms in total. The molecule has 1 rings (SSSR count). The summed E-state index contributed by atoms with van der Waals surface area (Å²) in [4.78, 5) is 26.8. The van der Waals surface area contributed by atoms with Gasteiger partial charge in [-0.15, -0.1) is 0 Å². The van der Waals surface area contributed by atoms with Gasteiger partial charge in [-0.1, -0.05) is 11.3 Å². The quantitative estimate of drug-likeness (QED) is 0.605. The highest BCUT2D eigenvalue weighted by molar-refractivity contribution is 7.17. The molecule has 8 heteroatoms. The molecule has 0 aliphatic carbocycles. The zero-order valence-corrected chi connectivity index (χ0v) is 10.8. The van der Waals surface area contributed by atoms with E-state index in [-0.39, 0.29) is 28.9 Å². The van der Waals surface area contributed by atoms with E-state index in [9.17, 15) is 9.59 Å². The molecular formula is C10H13N3O4S. The Bertz CT molecular complexity index is 483. The first-order valence-corrected chi connectivity index (χ1v) is 6.02. The first-order valence-electron chi connectivity index (χ1n) is 5.20. The Morgan fingerprint density at radius 1 is 1.33 bits per heavy atom. The number of anilines is 1. The van der Waals surface area contributed by atoms with Crippen LogP contribution < -0.4 is 5.73 Å². The molecule has 0 saturated carbocycles. The molecule has 0 fully saturated rings. The van der Waals surface area contributed by atoms with Crippen LogP contribution in [0.2, 0.25) is 0 Å². The Hall–Kier alpha value is -1.96. The van der Waals surface area contributed by atoms with Gasteiger partial charge in [-0.2, -0.15) is 0 Å². The minimum absolute atomic E-state index is 0.0346. The van der Waals surface area contributed by atoms with E-state index >= 15 is 0 Å². The number of nitrogens with one attached hydrogen (secondary N) is 1. The summed E-state index contributed by atoms with van der Waals surface area (Å²) < 4.78 is 9.47. The molecule has 0 saturated heterocycles. The van der Waals surface area contributed by atoms with Crippen LogP contribution in [0.5, 0.6) is 0 Å². The molecule has 0 bridgehead atoms. The molecule has 0 aliphatic rings. The Labute approximate surface area is 107 Å². The van der Waals surface area contributed by atoms with Crippen molar-refractivity contribution < 1.29 is 19.1 Å². The number of nitrogens with zero attached hydrogens (tertiary/aromatic N) is 1. The van der Waals surface area contributed by atoms with E-state index in [1.807, 2.05) is 0 Å². The summed E-state index contributed by atoms with van der Waals surface area (Å²) in [5.74, 6) is -1.51. The Morgan fingerprint density at radius 3 is 2.50 bits per heavy atom. The van der Waals surface area contributed by atoms with Crippen molar-refractivity contribution in [3.8, 4) is 0 Å². The second kappa shape index (κ2) is 6.10. The van der Waals surface area contributed by atoms with Crippen LogP contribution in [0, 0.1) is 5.41 Å². The van der Waals surface area contributed by atoms with Gasteiger partial charge in [0, 0.05) is 0 Å². The second-order valence-corrected chi connectivity index (χ2v) is 4.08. The lowest BCUT2D eigenvalue weighted by molar-refractivity contribution is -0.135. The zero-order chi connectivity index (χ0) is 13.7. The van der Waals surface area contributed by atoms with E-state index in [0.29, 0.717) is 0 Å². The number of nitrogens with two attached hydrogens (primary N) is 1. The highest BCUT2D eigenvalue weighted by Gasteiger charge is 2.26. The van der Waals surface area contributed by atoms with Gasteiger partial charge in [0.2, 0.25) is 0 Å². The van der Waals surface area contributed by atoms with Crippen molar-refractivity contribution in [2.24, 2.45) is 0 Å². The summed E-state index contributed by atoms with van der Waals surface area (Å²) in [5, 5.41) is 7.71. The maximum atomic E-state index is 11.6. The van der Waals surface area contributed by atoms with E-state index in [1.54, 1.807) is 13.8 Å². The van der Waals surface area contributed by atoms with Crippen molar-refractivity contribution in [1.82, 2.24) is 4.98 Å². The number of carbonyl (C=O) groups excluding carboxylic acids is 2. The minimum Gasteiger partial charge on any atom is -0.462 e. The summed E-state index contributed by atoms with van der Waals surface area (Å²) in [6, 6.07) is 0. The van der Waals surface area contributed by atoms with E-state index in [1.165, 1.54) is 0 Å². The van der Waals surface area contributed by atoms with Gasteiger partial charge in [0.15, 0.2) is 10.8 Å². The third-order valence-electron chi connectivity index (χ3n) is 1.82. The highest BCUT2D eigenvalue weighted by Crippen LogP contribution is 2.22. The molecule has 1 aromatic rings. The first-order chi connectivity index (χ1) is 8.51. The molecular weight excluding hydrogens is 258 g/mol. The van der Waals surface area contributed by atoms with Crippen LogP contribution in [0.4, 0.5) is 5.13 Å². The normalized spacial score (nSPS) is 9.89. The molecule has 0 aliphatic heterocycles. The fourth-order valence-corrected chi connectivity index (χ4v) is 1.87. The Kier molecular flexibility index (Phi) is 4.78. The number of hydrogen-bond acceptors (Lipinski definition) is 8. The number of rotatable bonds is 5. The van der Waals surface area contributed by atoms with E-state index in [0.717, 1.165) is 11.3 Å². The van der Waals surface area contributed by atoms with Crippen molar-refractivity contribution in [2.75, 3.05) is 18.9 Å². The van der Waals surface area contributed by atoms with Gasteiger partial charge in [-0.3, -0.25) is 5.41 Å². The summed E-state index contributed by atoms with van der Waals surface area (Å²) in [7, 11) is 0. The zero-order valence-electron chi connectivity index (χ0n) is 9.98. The SMILES string of the molecule is CCOC(=O)C(=N)c1nc(N)sc1C(=O)OCC. The standard InChI is InChI=1S/C10H13N3O4S/c1-3-16-8(14)5(11)6-7(9(15)17-4-2)18-10(12)13-6/h11H,3-4H2,1-2H3,(H2,12,13). The molecule has 0 atom stereocenters. The van der Waals surface area contributed by atoms with E-state index in [2.05, 4.69) is 9.72 Å². The number of nitrogen functional groups attached to an aromatic ring is 1. The maximum Gasteiger partial charge on any atom is 0.358 e. The molecule has 0 amide bonds. The number of thiazole rings is 1. The molecule has 1 aromatic heterocycles. The van der Waals surface area contributed by atoms with Crippen molar-refractivity contribution in [3.63, 3.8) is 0 Å². The van der Waals surface area contributed by atoms with Crippen LogP contribution in [0.3, 0.4) is 0 Å². The largest absolute Gasteiger partial charge is 0.462 e. The van der Waals surface area contributed by atoms with Crippen molar-refractivity contribution >= 4 is 34.1 Å².